The summed E-state index contributed by atoms with van der Waals surface area (Å²) in [7, 11) is 0. The third-order valence-electron chi connectivity index (χ3n) is 1.91. The lowest BCUT2D eigenvalue weighted by atomic mass is 10.4. The summed E-state index contributed by atoms with van der Waals surface area (Å²) < 4.78 is 5.24. The van der Waals surface area contributed by atoms with Crippen molar-refractivity contribution in [3.63, 3.8) is 0 Å². The van der Waals surface area contributed by atoms with Gasteiger partial charge < -0.3 is 4.42 Å². The van der Waals surface area contributed by atoms with Gasteiger partial charge in [-0.1, -0.05) is 11.8 Å². The van der Waals surface area contributed by atoms with Crippen LogP contribution in [0.4, 0.5) is 0 Å². The van der Waals surface area contributed by atoms with E-state index in [1.807, 2.05) is 13.0 Å². The van der Waals surface area contributed by atoms with E-state index in [4.69, 9.17) is 4.42 Å². The van der Waals surface area contributed by atoms with Crippen LogP contribution in [0.1, 0.15) is 22.0 Å². The number of carbonyl (C=O) groups excluding carboxylic acids is 1. The van der Waals surface area contributed by atoms with E-state index >= 15 is 0 Å². The number of rotatable bonds is 4. The molecule has 0 saturated heterocycles. The fourth-order valence-corrected chi connectivity index (χ4v) is 1.94. The first-order chi connectivity index (χ1) is 7.78. The standard InChI is InChI=1S/C11H10N2O2S/c1-8-4-5-12-11(13-8)16-7-10-3-2-9(6-14)15-10/h2-6H,7H2,1H3. The molecule has 16 heavy (non-hydrogen) atoms. The van der Waals surface area contributed by atoms with Crippen molar-refractivity contribution in [2.75, 3.05) is 0 Å². The van der Waals surface area contributed by atoms with Gasteiger partial charge in [-0.15, -0.1) is 0 Å². The smallest absolute Gasteiger partial charge is 0.188 e. The molecule has 0 unspecified atom stereocenters. The van der Waals surface area contributed by atoms with Gasteiger partial charge in [-0.3, -0.25) is 4.79 Å². The molecule has 0 saturated carbocycles. The lowest BCUT2D eigenvalue weighted by Gasteiger charge is -1.98. The van der Waals surface area contributed by atoms with Crippen LogP contribution in [0.3, 0.4) is 0 Å². The van der Waals surface area contributed by atoms with Gasteiger partial charge in [0.25, 0.3) is 0 Å². The Bertz CT molecular complexity index is 496. The Balaban J connectivity index is 1.99. The molecule has 82 valence electrons. The van der Waals surface area contributed by atoms with Gasteiger partial charge in [-0.25, -0.2) is 9.97 Å². The van der Waals surface area contributed by atoms with Gasteiger partial charge in [0.05, 0.1) is 5.75 Å². The lowest BCUT2D eigenvalue weighted by molar-refractivity contribution is 0.109. The van der Waals surface area contributed by atoms with E-state index in [1.54, 1.807) is 18.3 Å². The number of carbonyl (C=O) groups is 1. The highest BCUT2D eigenvalue weighted by Gasteiger charge is 2.03. The highest BCUT2D eigenvalue weighted by molar-refractivity contribution is 7.98. The Morgan fingerprint density at radius 1 is 1.44 bits per heavy atom. The Morgan fingerprint density at radius 3 is 3.00 bits per heavy atom. The summed E-state index contributed by atoms with van der Waals surface area (Å²) in [6, 6.07) is 5.29. The van der Waals surface area contributed by atoms with Crippen LogP contribution >= 0.6 is 11.8 Å². The van der Waals surface area contributed by atoms with Gasteiger partial charge in [0.15, 0.2) is 17.2 Å². The van der Waals surface area contributed by atoms with Crippen molar-refractivity contribution in [1.29, 1.82) is 0 Å². The van der Waals surface area contributed by atoms with E-state index < -0.39 is 0 Å². The number of thioether (sulfide) groups is 1. The Hall–Kier alpha value is -1.62. The zero-order valence-corrected chi connectivity index (χ0v) is 9.53. The molecule has 0 aromatic carbocycles. The minimum atomic E-state index is 0.348. The fourth-order valence-electron chi connectivity index (χ4n) is 1.17. The predicted octanol–water partition coefficient (Wildman–Crippen LogP) is 2.48. The van der Waals surface area contributed by atoms with Gasteiger partial charge in [-0.05, 0) is 25.1 Å². The molecule has 2 rings (SSSR count). The summed E-state index contributed by atoms with van der Waals surface area (Å²) in [5.41, 5.74) is 0.936. The van der Waals surface area contributed by atoms with Crippen LogP contribution < -0.4 is 0 Å². The largest absolute Gasteiger partial charge is 0.457 e. The van der Waals surface area contributed by atoms with Crippen molar-refractivity contribution in [3.05, 3.63) is 41.6 Å². The second kappa shape index (κ2) is 4.94. The van der Waals surface area contributed by atoms with E-state index in [-0.39, 0.29) is 0 Å². The molecule has 0 aliphatic heterocycles. The number of hydrogen-bond acceptors (Lipinski definition) is 5. The maximum absolute atomic E-state index is 10.4. The normalized spacial score (nSPS) is 10.3. The average Bonchev–Trinajstić information content (AvgIpc) is 2.74. The molecule has 0 spiro atoms. The number of aromatic nitrogens is 2. The summed E-state index contributed by atoms with van der Waals surface area (Å²) in [5.74, 6) is 1.72. The quantitative estimate of drug-likeness (QED) is 0.462. The lowest BCUT2D eigenvalue weighted by Crippen LogP contribution is -1.88. The van der Waals surface area contributed by atoms with Crippen LogP contribution in [0, 0.1) is 6.92 Å². The van der Waals surface area contributed by atoms with E-state index in [9.17, 15) is 4.79 Å². The first kappa shape index (κ1) is 10.9. The highest BCUT2D eigenvalue weighted by atomic mass is 32.2. The molecule has 2 heterocycles. The first-order valence-corrected chi connectivity index (χ1v) is 5.73. The molecular formula is C11H10N2O2S. The second-order valence-corrected chi connectivity index (χ2v) is 4.13. The van der Waals surface area contributed by atoms with Gasteiger partial charge in [-0.2, -0.15) is 0 Å². The molecule has 2 aromatic heterocycles. The molecule has 0 aliphatic rings. The highest BCUT2D eigenvalue weighted by Crippen LogP contribution is 2.20. The van der Waals surface area contributed by atoms with Crippen molar-refractivity contribution in [2.24, 2.45) is 0 Å². The van der Waals surface area contributed by atoms with Crippen LogP contribution in [0.25, 0.3) is 0 Å². The number of hydrogen-bond donors (Lipinski definition) is 0. The van der Waals surface area contributed by atoms with Crippen molar-refractivity contribution < 1.29 is 9.21 Å². The first-order valence-electron chi connectivity index (χ1n) is 4.74. The molecule has 0 radical (unpaired) electrons. The summed E-state index contributed by atoms with van der Waals surface area (Å²) >= 11 is 1.48. The minimum Gasteiger partial charge on any atom is -0.457 e. The molecule has 0 bridgehead atoms. The predicted molar refractivity (Wildman–Crippen MR) is 60.4 cm³/mol. The van der Waals surface area contributed by atoms with E-state index in [1.165, 1.54) is 11.8 Å². The topological polar surface area (TPSA) is 56.0 Å². The van der Waals surface area contributed by atoms with Crippen LogP contribution in [0.2, 0.25) is 0 Å². The maximum Gasteiger partial charge on any atom is 0.188 e. The molecule has 0 N–H and O–H groups in total. The minimum absolute atomic E-state index is 0.348. The zero-order chi connectivity index (χ0) is 11.4. The third kappa shape index (κ3) is 2.70. The zero-order valence-electron chi connectivity index (χ0n) is 8.71. The number of nitrogens with zero attached hydrogens (tertiary/aromatic N) is 2. The van der Waals surface area contributed by atoms with Gasteiger partial charge in [0.2, 0.25) is 0 Å². The molecule has 5 heteroatoms. The van der Waals surface area contributed by atoms with Gasteiger partial charge in [0.1, 0.15) is 5.76 Å². The molecule has 0 fully saturated rings. The average molecular weight is 234 g/mol. The number of furan rings is 1. The summed E-state index contributed by atoms with van der Waals surface area (Å²) in [4.78, 5) is 18.8. The molecule has 0 atom stereocenters. The monoisotopic (exact) mass is 234 g/mol. The maximum atomic E-state index is 10.4. The van der Waals surface area contributed by atoms with Crippen LogP contribution in [-0.2, 0) is 5.75 Å². The third-order valence-corrected chi connectivity index (χ3v) is 2.80. The molecule has 0 aliphatic carbocycles. The van der Waals surface area contributed by atoms with Crippen LogP contribution in [-0.4, -0.2) is 16.3 Å². The Morgan fingerprint density at radius 2 is 2.31 bits per heavy atom. The Kier molecular flexibility index (Phi) is 3.36. The number of aryl methyl sites for hydroxylation is 1. The van der Waals surface area contributed by atoms with Gasteiger partial charge >= 0.3 is 0 Å². The molecule has 4 nitrogen and oxygen atoms in total. The van der Waals surface area contributed by atoms with E-state index in [2.05, 4.69) is 9.97 Å². The van der Waals surface area contributed by atoms with E-state index in [0.29, 0.717) is 23.0 Å². The van der Waals surface area contributed by atoms with Crippen LogP contribution in [0.15, 0.2) is 34.0 Å². The van der Waals surface area contributed by atoms with Crippen molar-refractivity contribution in [3.8, 4) is 0 Å². The summed E-state index contributed by atoms with van der Waals surface area (Å²) in [6.07, 6.45) is 2.42. The Labute approximate surface area is 97.1 Å². The fraction of sp³-hybridized carbons (Fsp3) is 0.182. The van der Waals surface area contributed by atoms with Crippen LogP contribution in [0.5, 0.6) is 0 Å². The molecular weight excluding hydrogens is 224 g/mol. The second-order valence-electron chi connectivity index (χ2n) is 3.19. The van der Waals surface area contributed by atoms with Gasteiger partial charge in [0, 0.05) is 11.9 Å². The van der Waals surface area contributed by atoms with E-state index in [0.717, 1.165) is 11.5 Å². The summed E-state index contributed by atoms with van der Waals surface area (Å²) in [6.45, 7) is 1.92. The van der Waals surface area contributed by atoms with Crippen molar-refractivity contribution >= 4 is 18.0 Å². The van der Waals surface area contributed by atoms with Crippen molar-refractivity contribution in [1.82, 2.24) is 9.97 Å². The summed E-state index contributed by atoms with van der Waals surface area (Å²) in [5, 5.41) is 0.712. The van der Waals surface area contributed by atoms with Crippen molar-refractivity contribution in [2.45, 2.75) is 17.8 Å². The molecule has 0 amide bonds. The SMILES string of the molecule is Cc1ccnc(SCc2ccc(C=O)o2)n1. The number of aldehydes is 1. The molecule has 2 aromatic rings.